The number of nitrogens with zero attached hydrogens (tertiary/aromatic N) is 2. The van der Waals surface area contributed by atoms with Gasteiger partial charge in [-0.1, -0.05) is 35.1 Å². The molecule has 2 aromatic carbocycles. The van der Waals surface area contributed by atoms with Crippen LogP contribution < -0.4 is 10.7 Å². The lowest BCUT2D eigenvalue weighted by atomic mass is 10.2. The average Bonchev–Trinajstić information content (AvgIpc) is 3.01. The van der Waals surface area contributed by atoms with E-state index in [1.807, 2.05) is 24.3 Å². The van der Waals surface area contributed by atoms with Gasteiger partial charge in [-0.25, -0.2) is 10.4 Å². The lowest BCUT2D eigenvalue weighted by molar-refractivity contribution is -0.119. The van der Waals surface area contributed by atoms with E-state index in [2.05, 4.69) is 20.8 Å². The molecule has 0 unspecified atom stereocenters. The van der Waals surface area contributed by atoms with Crippen LogP contribution in [-0.2, 0) is 4.79 Å². The number of para-hydroxylation sites is 1. The average molecular weight is 377 g/mol. The highest BCUT2D eigenvalue weighted by atomic mass is 35.5. The first-order valence-corrected chi connectivity index (χ1v) is 8.35. The van der Waals surface area contributed by atoms with Gasteiger partial charge in [-0.3, -0.25) is 4.79 Å². The molecule has 0 atom stereocenters. The number of nitrogens with one attached hydrogen (secondary N) is 2. The van der Waals surface area contributed by atoms with Crippen molar-refractivity contribution in [3.05, 3.63) is 47.0 Å². The van der Waals surface area contributed by atoms with E-state index < -0.39 is 5.75 Å². The molecule has 0 aliphatic heterocycles. The number of fused-ring (bicyclic) bond motifs is 1. The summed E-state index contributed by atoms with van der Waals surface area (Å²) in [6, 6.07) is 10.4. The largest absolute Gasteiger partial charge is 0.504 e. The second-order valence-electron chi connectivity index (χ2n) is 5.00. The van der Waals surface area contributed by atoms with E-state index in [1.54, 1.807) is 0 Å². The van der Waals surface area contributed by atoms with Crippen LogP contribution in [0.3, 0.4) is 0 Å². The molecule has 0 spiro atoms. The number of phenols is 2. The molecule has 3 rings (SSSR count). The van der Waals surface area contributed by atoms with Crippen molar-refractivity contribution in [2.45, 2.75) is 0 Å². The van der Waals surface area contributed by atoms with Crippen molar-refractivity contribution in [2.24, 2.45) is 5.10 Å². The van der Waals surface area contributed by atoms with Crippen LogP contribution in [0.2, 0.25) is 5.02 Å². The molecule has 9 heteroatoms. The first-order valence-electron chi connectivity index (χ1n) is 7.16. The number of carbonyl (C=O) groups is 1. The Labute approximate surface area is 151 Å². The lowest BCUT2D eigenvalue weighted by Crippen LogP contribution is -2.25. The predicted molar refractivity (Wildman–Crippen MR) is 98.6 cm³/mol. The van der Waals surface area contributed by atoms with Crippen LogP contribution in [0.4, 0.5) is 5.13 Å². The molecule has 25 heavy (non-hydrogen) atoms. The second kappa shape index (κ2) is 7.37. The maximum absolute atomic E-state index is 11.8. The number of benzene rings is 2. The van der Waals surface area contributed by atoms with E-state index in [-0.39, 0.29) is 23.2 Å². The van der Waals surface area contributed by atoms with Gasteiger partial charge in [-0.2, -0.15) is 5.10 Å². The van der Waals surface area contributed by atoms with E-state index in [4.69, 9.17) is 11.6 Å². The standard InChI is InChI=1S/C16H13ClN4O3S/c17-10-5-9(6-12(22)15(10)24)7-19-21-14(23)8-18-16-20-11-3-1-2-4-13(11)25-16/h1-7,22,24H,8H2,(H,18,20)(H,21,23)/b19-7+. The fourth-order valence-electron chi connectivity index (χ4n) is 2.00. The lowest BCUT2D eigenvalue weighted by Gasteiger charge is -2.02. The molecule has 128 valence electrons. The maximum atomic E-state index is 11.8. The molecule has 0 saturated carbocycles. The molecule has 7 nitrogen and oxygen atoms in total. The van der Waals surface area contributed by atoms with Gasteiger partial charge in [-0.15, -0.1) is 0 Å². The van der Waals surface area contributed by atoms with Gasteiger partial charge in [0.25, 0.3) is 5.91 Å². The summed E-state index contributed by atoms with van der Waals surface area (Å²) in [5.41, 5.74) is 3.65. The van der Waals surface area contributed by atoms with Gasteiger partial charge in [0.2, 0.25) is 0 Å². The number of carbonyl (C=O) groups excluding carboxylic acids is 1. The molecule has 1 heterocycles. The maximum Gasteiger partial charge on any atom is 0.259 e. The van der Waals surface area contributed by atoms with Gasteiger partial charge < -0.3 is 15.5 Å². The van der Waals surface area contributed by atoms with Crippen LogP contribution in [-0.4, -0.2) is 33.9 Å². The molecule has 0 aliphatic carbocycles. The summed E-state index contributed by atoms with van der Waals surface area (Å²) in [4.78, 5) is 16.1. The van der Waals surface area contributed by atoms with Crippen molar-refractivity contribution in [3.63, 3.8) is 0 Å². The summed E-state index contributed by atoms with van der Waals surface area (Å²) in [5, 5.41) is 26.2. The number of aromatic hydroxyl groups is 2. The predicted octanol–water partition coefficient (Wildman–Crippen LogP) is 2.92. The minimum atomic E-state index is -0.400. The Balaban J connectivity index is 1.54. The Morgan fingerprint density at radius 1 is 1.32 bits per heavy atom. The van der Waals surface area contributed by atoms with Gasteiger partial charge in [0.1, 0.15) is 0 Å². The number of aromatic nitrogens is 1. The fourth-order valence-corrected chi connectivity index (χ4v) is 3.09. The third-order valence-electron chi connectivity index (χ3n) is 3.16. The summed E-state index contributed by atoms with van der Waals surface area (Å²) in [5.74, 6) is -1.12. The minimum absolute atomic E-state index is 0.00900. The summed E-state index contributed by atoms with van der Waals surface area (Å²) >= 11 is 7.19. The monoisotopic (exact) mass is 376 g/mol. The van der Waals surface area contributed by atoms with E-state index >= 15 is 0 Å². The summed E-state index contributed by atoms with van der Waals surface area (Å²) in [6.45, 7) is 0.0126. The zero-order chi connectivity index (χ0) is 17.8. The Hall–Kier alpha value is -2.84. The summed E-state index contributed by atoms with van der Waals surface area (Å²) < 4.78 is 1.03. The topological polar surface area (TPSA) is 107 Å². The summed E-state index contributed by atoms with van der Waals surface area (Å²) in [6.07, 6.45) is 1.31. The van der Waals surface area contributed by atoms with Crippen LogP contribution in [0.25, 0.3) is 10.2 Å². The number of phenolic OH excluding ortho intramolecular Hbond substituents is 2. The van der Waals surface area contributed by atoms with E-state index in [9.17, 15) is 15.0 Å². The van der Waals surface area contributed by atoms with Crippen LogP contribution >= 0.6 is 22.9 Å². The Morgan fingerprint density at radius 3 is 2.88 bits per heavy atom. The van der Waals surface area contributed by atoms with Crippen molar-refractivity contribution < 1.29 is 15.0 Å². The molecule has 4 N–H and O–H groups in total. The Bertz CT molecular complexity index is 901. The van der Waals surface area contributed by atoms with Crippen molar-refractivity contribution in [1.29, 1.82) is 0 Å². The molecule has 0 aliphatic rings. The molecule has 3 aromatic rings. The molecular formula is C16H13ClN4O3S. The Morgan fingerprint density at radius 2 is 2.12 bits per heavy atom. The first kappa shape index (κ1) is 17.0. The van der Waals surface area contributed by atoms with Crippen LogP contribution in [0.5, 0.6) is 11.5 Å². The van der Waals surface area contributed by atoms with Crippen LogP contribution in [0.15, 0.2) is 41.5 Å². The number of anilines is 1. The van der Waals surface area contributed by atoms with Gasteiger partial charge >= 0.3 is 0 Å². The molecule has 0 radical (unpaired) electrons. The third-order valence-corrected chi connectivity index (χ3v) is 4.44. The highest BCUT2D eigenvalue weighted by molar-refractivity contribution is 7.22. The molecule has 1 amide bonds. The zero-order valence-electron chi connectivity index (χ0n) is 12.7. The number of hydrogen-bond donors (Lipinski definition) is 4. The van der Waals surface area contributed by atoms with Crippen molar-refractivity contribution in [1.82, 2.24) is 10.4 Å². The quantitative estimate of drug-likeness (QED) is 0.311. The van der Waals surface area contributed by atoms with Gasteiger partial charge in [-0.05, 0) is 29.8 Å². The highest BCUT2D eigenvalue weighted by Gasteiger charge is 2.07. The number of hydrogen-bond acceptors (Lipinski definition) is 7. The smallest absolute Gasteiger partial charge is 0.259 e. The van der Waals surface area contributed by atoms with Crippen molar-refractivity contribution in [3.8, 4) is 11.5 Å². The van der Waals surface area contributed by atoms with Crippen molar-refractivity contribution in [2.75, 3.05) is 11.9 Å². The zero-order valence-corrected chi connectivity index (χ0v) is 14.3. The number of amides is 1. The highest BCUT2D eigenvalue weighted by Crippen LogP contribution is 2.33. The first-order chi connectivity index (χ1) is 12.0. The van der Waals surface area contributed by atoms with Crippen molar-refractivity contribution >= 4 is 50.4 Å². The SMILES string of the molecule is O=C(CNc1nc2ccccc2s1)N/N=C/c1cc(O)c(O)c(Cl)c1. The number of rotatable bonds is 5. The van der Waals surface area contributed by atoms with Gasteiger partial charge in [0.05, 0.1) is 28.0 Å². The van der Waals surface area contributed by atoms with E-state index in [1.165, 1.54) is 29.7 Å². The van der Waals surface area contributed by atoms with Crippen LogP contribution in [0.1, 0.15) is 5.56 Å². The minimum Gasteiger partial charge on any atom is -0.504 e. The molecule has 0 fully saturated rings. The van der Waals surface area contributed by atoms with E-state index in [0.717, 1.165) is 10.2 Å². The molecule has 1 aromatic heterocycles. The van der Waals surface area contributed by atoms with E-state index in [0.29, 0.717) is 10.7 Å². The van der Waals surface area contributed by atoms with Gasteiger partial charge in [0, 0.05) is 0 Å². The molecule has 0 saturated heterocycles. The Kier molecular flexibility index (Phi) is 5.01. The molecular weight excluding hydrogens is 364 g/mol. The fraction of sp³-hybridized carbons (Fsp3) is 0.0625. The number of thiazole rings is 1. The normalized spacial score (nSPS) is 11.1. The molecule has 0 bridgehead atoms. The number of halogens is 1. The third kappa shape index (κ3) is 4.17. The number of hydrazone groups is 1. The van der Waals surface area contributed by atoms with Crippen LogP contribution in [0, 0.1) is 0 Å². The second-order valence-corrected chi connectivity index (χ2v) is 6.44. The van der Waals surface area contributed by atoms with Gasteiger partial charge in [0.15, 0.2) is 16.6 Å². The summed E-state index contributed by atoms with van der Waals surface area (Å²) in [7, 11) is 0.